The van der Waals surface area contributed by atoms with E-state index < -0.39 is 0 Å². The third-order valence-corrected chi connectivity index (χ3v) is 3.66. The molecule has 1 rings (SSSR count). The lowest BCUT2D eigenvalue weighted by atomic mass is 9.81. The first-order valence-corrected chi connectivity index (χ1v) is 6.54. The van der Waals surface area contributed by atoms with Crippen LogP contribution in [0.3, 0.4) is 0 Å². The molecule has 0 aliphatic heterocycles. The summed E-state index contributed by atoms with van der Waals surface area (Å²) in [6.45, 7) is 10.9. The maximum absolute atomic E-state index is 12.9. The van der Waals surface area contributed by atoms with Gasteiger partial charge in [-0.15, -0.1) is 0 Å². The summed E-state index contributed by atoms with van der Waals surface area (Å²) >= 11 is 0. The average Bonchev–Trinajstić information content (AvgIpc) is 2.35. The highest BCUT2D eigenvalue weighted by molar-refractivity contribution is 5.65. The molecule has 0 N–H and O–H groups in total. The van der Waals surface area contributed by atoms with Crippen molar-refractivity contribution in [3.05, 3.63) is 42.2 Å². The SMILES string of the molecule is C=C(c1ccc(F)cc1)C(C)[C@@H](CC)CCC. The van der Waals surface area contributed by atoms with Crippen molar-refractivity contribution < 1.29 is 4.39 Å². The van der Waals surface area contributed by atoms with E-state index in [9.17, 15) is 4.39 Å². The van der Waals surface area contributed by atoms with E-state index in [4.69, 9.17) is 0 Å². The van der Waals surface area contributed by atoms with Gasteiger partial charge in [-0.1, -0.05) is 58.7 Å². The van der Waals surface area contributed by atoms with Crippen LogP contribution in [0.15, 0.2) is 30.8 Å². The van der Waals surface area contributed by atoms with Gasteiger partial charge in [-0.05, 0) is 35.1 Å². The van der Waals surface area contributed by atoms with Crippen LogP contribution >= 0.6 is 0 Å². The Morgan fingerprint density at radius 3 is 2.29 bits per heavy atom. The zero-order valence-corrected chi connectivity index (χ0v) is 11.2. The minimum atomic E-state index is -0.185. The van der Waals surface area contributed by atoms with E-state index in [-0.39, 0.29) is 5.82 Å². The number of hydrogen-bond acceptors (Lipinski definition) is 0. The number of rotatable bonds is 6. The fourth-order valence-corrected chi connectivity index (χ4v) is 2.39. The normalized spacial score (nSPS) is 14.4. The molecule has 0 fully saturated rings. The zero-order valence-electron chi connectivity index (χ0n) is 11.2. The summed E-state index contributed by atoms with van der Waals surface area (Å²) in [6, 6.07) is 6.67. The smallest absolute Gasteiger partial charge is 0.123 e. The Morgan fingerprint density at radius 2 is 1.82 bits per heavy atom. The van der Waals surface area contributed by atoms with Gasteiger partial charge < -0.3 is 0 Å². The Labute approximate surface area is 105 Å². The van der Waals surface area contributed by atoms with Crippen molar-refractivity contribution in [2.24, 2.45) is 11.8 Å². The van der Waals surface area contributed by atoms with E-state index in [2.05, 4.69) is 27.4 Å². The average molecular weight is 234 g/mol. The summed E-state index contributed by atoms with van der Waals surface area (Å²) in [4.78, 5) is 0. The van der Waals surface area contributed by atoms with Crippen LogP contribution in [0.4, 0.5) is 4.39 Å². The second kappa shape index (κ2) is 6.58. The Morgan fingerprint density at radius 1 is 1.24 bits per heavy atom. The molecule has 0 aromatic heterocycles. The molecule has 1 aromatic carbocycles. The largest absolute Gasteiger partial charge is 0.207 e. The second-order valence-electron chi connectivity index (χ2n) is 4.78. The van der Waals surface area contributed by atoms with Gasteiger partial charge in [0.2, 0.25) is 0 Å². The molecule has 1 unspecified atom stereocenters. The lowest BCUT2D eigenvalue weighted by molar-refractivity contribution is 0.385. The van der Waals surface area contributed by atoms with Crippen LogP contribution in [0.25, 0.3) is 5.57 Å². The first-order valence-electron chi connectivity index (χ1n) is 6.54. The van der Waals surface area contributed by atoms with Crippen LogP contribution in [0, 0.1) is 17.7 Å². The van der Waals surface area contributed by atoms with Crippen LogP contribution < -0.4 is 0 Å². The summed E-state index contributed by atoms with van der Waals surface area (Å²) in [7, 11) is 0. The molecular formula is C16H23F. The fourth-order valence-electron chi connectivity index (χ4n) is 2.39. The maximum atomic E-state index is 12.9. The topological polar surface area (TPSA) is 0 Å². The maximum Gasteiger partial charge on any atom is 0.123 e. The summed E-state index contributed by atoms with van der Waals surface area (Å²) in [5, 5.41) is 0. The Balaban J connectivity index is 2.77. The van der Waals surface area contributed by atoms with Gasteiger partial charge in [-0.2, -0.15) is 0 Å². The molecule has 17 heavy (non-hydrogen) atoms. The van der Waals surface area contributed by atoms with Gasteiger partial charge in [0, 0.05) is 0 Å². The van der Waals surface area contributed by atoms with Gasteiger partial charge in [0.15, 0.2) is 0 Å². The molecule has 0 radical (unpaired) electrons. The van der Waals surface area contributed by atoms with Crippen molar-refractivity contribution in [1.82, 2.24) is 0 Å². The highest BCUT2D eigenvalue weighted by atomic mass is 19.1. The van der Waals surface area contributed by atoms with Crippen LogP contribution in [0.2, 0.25) is 0 Å². The quantitative estimate of drug-likeness (QED) is 0.626. The van der Waals surface area contributed by atoms with Gasteiger partial charge in [-0.3, -0.25) is 0 Å². The summed E-state index contributed by atoms with van der Waals surface area (Å²) < 4.78 is 12.9. The highest BCUT2D eigenvalue weighted by Crippen LogP contribution is 2.32. The summed E-state index contributed by atoms with van der Waals surface area (Å²) in [6.07, 6.45) is 3.62. The van der Waals surface area contributed by atoms with Crippen LogP contribution in [-0.4, -0.2) is 0 Å². The summed E-state index contributed by atoms with van der Waals surface area (Å²) in [5.41, 5.74) is 2.19. The standard InChI is InChI=1S/C16H23F/c1-5-7-14(6-2)12(3)13(4)15-8-10-16(17)11-9-15/h8-12,14H,4-7H2,1-3H3/t12?,14-/m0/s1. The number of halogens is 1. The van der Waals surface area contributed by atoms with Crippen molar-refractivity contribution in [3.8, 4) is 0 Å². The van der Waals surface area contributed by atoms with E-state index >= 15 is 0 Å². The third kappa shape index (κ3) is 3.69. The van der Waals surface area contributed by atoms with E-state index in [0.717, 1.165) is 11.1 Å². The van der Waals surface area contributed by atoms with Gasteiger partial charge in [-0.25, -0.2) is 4.39 Å². The first kappa shape index (κ1) is 14.0. The number of hydrogen-bond donors (Lipinski definition) is 0. The van der Waals surface area contributed by atoms with Crippen LogP contribution in [-0.2, 0) is 0 Å². The fraction of sp³-hybridized carbons (Fsp3) is 0.500. The van der Waals surface area contributed by atoms with Crippen molar-refractivity contribution in [3.63, 3.8) is 0 Å². The minimum Gasteiger partial charge on any atom is -0.207 e. The molecule has 0 nitrogen and oxygen atoms in total. The minimum absolute atomic E-state index is 0.185. The molecule has 1 heteroatoms. The second-order valence-corrected chi connectivity index (χ2v) is 4.78. The molecule has 0 spiro atoms. The van der Waals surface area contributed by atoms with Gasteiger partial charge in [0.05, 0.1) is 0 Å². The Bertz CT molecular complexity index is 350. The molecule has 2 atom stereocenters. The van der Waals surface area contributed by atoms with Gasteiger partial charge >= 0.3 is 0 Å². The van der Waals surface area contributed by atoms with Crippen molar-refractivity contribution in [1.29, 1.82) is 0 Å². The molecule has 1 aromatic rings. The van der Waals surface area contributed by atoms with Crippen molar-refractivity contribution in [2.45, 2.75) is 40.0 Å². The van der Waals surface area contributed by atoms with E-state index in [1.165, 1.54) is 31.4 Å². The lowest BCUT2D eigenvalue weighted by Crippen LogP contribution is -2.12. The predicted octanol–water partition coefficient (Wildman–Crippen LogP) is 5.30. The molecular weight excluding hydrogens is 211 g/mol. The highest BCUT2D eigenvalue weighted by Gasteiger charge is 2.18. The van der Waals surface area contributed by atoms with Crippen molar-refractivity contribution >= 4 is 5.57 Å². The molecule has 0 saturated carbocycles. The molecule has 0 aliphatic rings. The molecule has 0 amide bonds. The number of allylic oxidation sites excluding steroid dienone is 1. The number of benzene rings is 1. The van der Waals surface area contributed by atoms with Gasteiger partial charge in [0.1, 0.15) is 5.82 Å². The third-order valence-electron chi connectivity index (χ3n) is 3.66. The summed E-state index contributed by atoms with van der Waals surface area (Å²) in [5.74, 6) is 0.956. The van der Waals surface area contributed by atoms with Crippen LogP contribution in [0.5, 0.6) is 0 Å². The first-order chi connectivity index (χ1) is 8.10. The Hall–Kier alpha value is -1.11. The molecule has 0 bridgehead atoms. The predicted molar refractivity (Wildman–Crippen MR) is 73.3 cm³/mol. The zero-order chi connectivity index (χ0) is 12.8. The van der Waals surface area contributed by atoms with Crippen LogP contribution in [0.1, 0.15) is 45.6 Å². The molecule has 94 valence electrons. The lowest BCUT2D eigenvalue weighted by Gasteiger charge is -2.24. The van der Waals surface area contributed by atoms with E-state index in [1.54, 1.807) is 0 Å². The molecule has 0 aliphatic carbocycles. The Kier molecular flexibility index (Phi) is 5.40. The molecule has 0 saturated heterocycles. The van der Waals surface area contributed by atoms with E-state index in [0.29, 0.717) is 11.8 Å². The van der Waals surface area contributed by atoms with Crippen molar-refractivity contribution in [2.75, 3.05) is 0 Å². The monoisotopic (exact) mass is 234 g/mol. The van der Waals surface area contributed by atoms with Gasteiger partial charge in [0.25, 0.3) is 0 Å². The molecule has 0 heterocycles. The van der Waals surface area contributed by atoms with E-state index in [1.807, 2.05) is 12.1 Å².